The molecule has 4 nitrogen and oxygen atoms in total. The number of nitrogens with two attached hydrogens (primary N) is 1. The summed E-state index contributed by atoms with van der Waals surface area (Å²) in [6, 6.07) is 5.90. The fourth-order valence-electron chi connectivity index (χ4n) is 1.06. The summed E-state index contributed by atoms with van der Waals surface area (Å²) in [7, 11) is 0. The van der Waals surface area contributed by atoms with E-state index in [1.807, 2.05) is 0 Å². The molecule has 13 heavy (non-hydrogen) atoms. The molecule has 0 fully saturated rings. The van der Waals surface area contributed by atoms with Gasteiger partial charge in [0.05, 0.1) is 16.5 Å². The van der Waals surface area contributed by atoms with Crippen molar-refractivity contribution in [1.82, 2.24) is 0 Å². The van der Waals surface area contributed by atoms with Crippen LogP contribution in [0.2, 0.25) is 0 Å². The van der Waals surface area contributed by atoms with Crippen molar-refractivity contribution < 1.29 is 4.92 Å². The molecule has 0 saturated carbocycles. The number of nitro groups is 1. The Bertz CT molecular complexity index is 336. The van der Waals surface area contributed by atoms with Gasteiger partial charge in [0.1, 0.15) is 0 Å². The summed E-state index contributed by atoms with van der Waals surface area (Å²) in [5.41, 5.74) is 6.14. The summed E-state index contributed by atoms with van der Waals surface area (Å²) in [4.78, 5) is 10.1. The van der Waals surface area contributed by atoms with Crippen LogP contribution in [0.3, 0.4) is 0 Å². The topological polar surface area (TPSA) is 69.2 Å². The van der Waals surface area contributed by atoms with Crippen molar-refractivity contribution in [3.63, 3.8) is 0 Å². The lowest BCUT2D eigenvalue weighted by Crippen LogP contribution is -2.08. The van der Waals surface area contributed by atoms with Crippen molar-refractivity contribution >= 4 is 5.69 Å². The predicted molar refractivity (Wildman–Crippen MR) is 50.2 cm³/mol. The molecule has 0 amide bonds. The van der Waals surface area contributed by atoms with Gasteiger partial charge in [-0.1, -0.05) is 24.3 Å². The van der Waals surface area contributed by atoms with E-state index in [0.29, 0.717) is 5.56 Å². The van der Waals surface area contributed by atoms with E-state index in [1.165, 1.54) is 12.1 Å². The minimum Gasteiger partial charge on any atom is -0.321 e. The number of hydrogen-bond acceptors (Lipinski definition) is 3. The van der Waals surface area contributed by atoms with E-state index in [0.717, 1.165) is 0 Å². The van der Waals surface area contributed by atoms with E-state index in [9.17, 15) is 10.1 Å². The highest BCUT2D eigenvalue weighted by atomic mass is 16.6. The van der Waals surface area contributed by atoms with E-state index in [-0.39, 0.29) is 5.69 Å². The van der Waals surface area contributed by atoms with Crippen molar-refractivity contribution in [2.24, 2.45) is 5.73 Å². The van der Waals surface area contributed by atoms with Crippen LogP contribution in [0.1, 0.15) is 11.6 Å². The maximum Gasteiger partial charge on any atom is 0.274 e. The standard InChI is InChI=1S/C9H10N2O2/c1-2-8(10)7-5-3-4-6-9(7)11(12)13/h2-6,8H,1,10H2. The molecular weight excluding hydrogens is 168 g/mol. The number of hydrogen-bond donors (Lipinski definition) is 1. The molecular formula is C9H10N2O2. The third-order valence-corrected chi connectivity index (χ3v) is 1.75. The Morgan fingerprint density at radius 1 is 1.54 bits per heavy atom. The highest BCUT2D eigenvalue weighted by molar-refractivity contribution is 5.43. The van der Waals surface area contributed by atoms with Gasteiger partial charge >= 0.3 is 0 Å². The van der Waals surface area contributed by atoms with Gasteiger partial charge in [0, 0.05) is 6.07 Å². The number of benzene rings is 1. The maximum absolute atomic E-state index is 10.6. The molecule has 0 bridgehead atoms. The molecule has 0 aliphatic heterocycles. The fourth-order valence-corrected chi connectivity index (χ4v) is 1.06. The second kappa shape index (κ2) is 3.82. The van der Waals surface area contributed by atoms with Gasteiger partial charge in [-0.3, -0.25) is 10.1 Å². The number of nitrogens with zero attached hydrogens (tertiary/aromatic N) is 1. The van der Waals surface area contributed by atoms with Crippen LogP contribution in [0.15, 0.2) is 36.9 Å². The third kappa shape index (κ3) is 1.91. The average Bonchev–Trinajstić information content (AvgIpc) is 2.16. The lowest BCUT2D eigenvalue weighted by molar-refractivity contribution is -0.385. The zero-order valence-corrected chi connectivity index (χ0v) is 7.01. The van der Waals surface area contributed by atoms with E-state index in [4.69, 9.17) is 5.73 Å². The van der Waals surface area contributed by atoms with Crippen molar-refractivity contribution in [3.05, 3.63) is 52.6 Å². The molecule has 0 aliphatic carbocycles. The monoisotopic (exact) mass is 178 g/mol. The van der Waals surface area contributed by atoms with Gasteiger partial charge in [-0.05, 0) is 0 Å². The summed E-state index contributed by atoms with van der Waals surface area (Å²) >= 11 is 0. The summed E-state index contributed by atoms with van der Waals surface area (Å²) in [6.07, 6.45) is 1.47. The molecule has 2 N–H and O–H groups in total. The summed E-state index contributed by atoms with van der Waals surface area (Å²) in [6.45, 7) is 3.49. The van der Waals surface area contributed by atoms with Crippen molar-refractivity contribution in [2.75, 3.05) is 0 Å². The first-order chi connectivity index (χ1) is 6.16. The van der Waals surface area contributed by atoms with Crippen molar-refractivity contribution in [2.45, 2.75) is 6.04 Å². The molecule has 0 aliphatic rings. The molecule has 0 heterocycles. The van der Waals surface area contributed by atoms with Crippen LogP contribution in [-0.2, 0) is 0 Å². The molecule has 1 atom stereocenters. The zero-order valence-electron chi connectivity index (χ0n) is 7.01. The lowest BCUT2D eigenvalue weighted by atomic mass is 10.1. The Labute approximate surface area is 75.8 Å². The van der Waals surface area contributed by atoms with Gasteiger partial charge in [0.2, 0.25) is 0 Å². The van der Waals surface area contributed by atoms with Gasteiger partial charge in [-0.2, -0.15) is 0 Å². The van der Waals surface area contributed by atoms with Crippen LogP contribution in [0.4, 0.5) is 5.69 Å². The average molecular weight is 178 g/mol. The molecule has 1 unspecified atom stereocenters. The molecule has 0 spiro atoms. The molecule has 1 aromatic carbocycles. The molecule has 4 heteroatoms. The fraction of sp³-hybridized carbons (Fsp3) is 0.111. The summed E-state index contributed by atoms with van der Waals surface area (Å²) in [5, 5.41) is 10.6. The van der Waals surface area contributed by atoms with E-state index >= 15 is 0 Å². The number of nitro benzene ring substituents is 1. The van der Waals surface area contributed by atoms with Crippen molar-refractivity contribution in [1.29, 1.82) is 0 Å². The molecule has 68 valence electrons. The number of rotatable bonds is 3. The zero-order chi connectivity index (χ0) is 9.84. The largest absolute Gasteiger partial charge is 0.321 e. The van der Waals surface area contributed by atoms with E-state index in [1.54, 1.807) is 18.2 Å². The van der Waals surface area contributed by atoms with Gasteiger partial charge in [0.25, 0.3) is 5.69 Å². The normalized spacial score (nSPS) is 12.1. The SMILES string of the molecule is C=CC(N)c1ccccc1[N+](=O)[O-]. The first kappa shape index (κ1) is 9.41. The third-order valence-electron chi connectivity index (χ3n) is 1.75. The quantitative estimate of drug-likeness (QED) is 0.435. The maximum atomic E-state index is 10.6. The van der Waals surface area contributed by atoms with Gasteiger partial charge in [-0.25, -0.2) is 0 Å². The molecule has 0 aromatic heterocycles. The molecule has 1 rings (SSSR count). The van der Waals surface area contributed by atoms with Crippen LogP contribution in [0.5, 0.6) is 0 Å². The molecule has 0 saturated heterocycles. The number of para-hydroxylation sites is 1. The minimum atomic E-state index is -0.485. The Morgan fingerprint density at radius 3 is 2.69 bits per heavy atom. The second-order valence-corrected chi connectivity index (χ2v) is 2.58. The first-order valence-corrected chi connectivity index (χ1v) is 3.78. The summed E-state index contributed by atoms with van der Waals surface area (Å²) in [5.74, 6) is 0. The van der Waals surface area contributed by atoms with Crippen LogP contribution in [0, 0.1) is 10.1 Å². The van der Waals surface area contributed by atoms with E-state index in [2.05, 4.69) is 6.58 Å². The molecule has 0 radical (unpaired) electrons. The summed E-state index contributed by atoms with van der Waals surface area (Å²) < 4.78 is 0. The van der Waals surface area contributed by atoms with Gasteiger partial charge in [-0.15, -0.1) is 6.58 Å². The van der Waals surface area contributed by atoms with Gasteiger partial charge in [0.15, 0.2) is 0 Å². The highest BCUT2D eigenvalue weighted by Crippen LogP contribution is 2.23. The van der Waals surface area contributed by atoms with Crippen LogP contribution in [0.25, 0.3) is 0 Å². The Kier molecular flexibility index (Phi) is 2.76. The van der Waals surface area contributed by atoms with Crippen molar-refractivity contribution in [3.8, 4) is 0 Å². The Balaban J connectivity index is 3.19. The highest BCUT2D eigenvalue weighted by Gasteiger charge is 2.15. The smallest absolute Gasteiger partial charge is 0.274 e. The van der Waals surface area contributed by atoms with Crippen LogP contribution in [-0.4, -0.2) is 4.92 Å². The first-order valence-electron chi connectivity index (χ1n) is 3.78. The van der Waals surface area contributed by atoms with Gasteiger partial charge < -0.3 is 5.73 Å². The van der Waals surface area contributed by atoms with Crippen LogP contribution >= 0.6 is 0 Å². The lowest BCUT2D eigenvalue weighted by Gasteiger charge is -2.05. The van der Waals surface area contributed by atoms with Crippen LogP contribution < -0.4 is 5.73 Å². The van der Waals surface area contributed by atoms with E-state index < -0.39 is 11.0 Å². The second-order valence-electron chi connectivity index (χ2n) is 2.58. The Hall–Kier alpha value is -1.68. The molecule has 1 aromatic rings. The predicted octanol–water partition coefficient (Wildman–Crippen LogP) is 1.78. The minimum absolute atomic E-state index is 0.0369. The Morgan fingerprint density at radius 2 is 2.15 bits per heavy atom.